The minimum atomic E-state index is -0.205. The van der Waals surface area contributed by atoms with Crippen molar-refractivity contribution in [3.8, 4) is 5.82 Å². The van der Waals surface area contributed by atoms with Crippen LogP contribution in [0.15, 0.2) is 24.5 Å². The van der Waals surface area contributed by atoms with Gasteiger partial charge in [-0.3, -0.25) is 4.79 Å². The minimum absolute atomic E-state index is 0.205. The molecule has 19 heavy (non-hydrogen) atoms. The van der Waals surface area contributed by atoms with Crippen LogP contribution in [0.1, 0.15) is 21.6 Å². The monoisotopic (exact) mass is 259 g/mol. The van der Waals surface area contributed by atoms with E-state index in [0.29, 0.717) is 5.69 Å². The topological polar surface area (TPSA) is 71.8 Å². The Morgan fingerprint density at radius 3 is 2.84 bits per heavy atom. The van der Waals surface area contributed by atoms with Gasteiger partial charge in [-0.25, -0.2) is 9.67 Å². The van der Waals surface area contributed by atoms with Crippen molar-refractivity contribution < 1.29 is 4.79 Å². The fraction of sp³-hybridized carbons (Fsp3) is 0.308. The molecule has 6 heteroatoms. The molecule has 0 bridgehead atoms. The molecular formula is C13H17N5O. The summed E-state index contributed by atoms with van der Waals surface area (Å²) in [5.74, 6) is 0.526. The summed E-state index contributed by atoms with van der Waals surface area (Å²) in [6.07, 6.45) is 3.54. The van der Waals surface area contributed by atoms with E-state index < -0.39 is 0 Å². The molecule has 0 saturated heterocycles. The van der Waals surface area contributed by atoms with E-state index in [1.165, 1.54) is 0 Å². The summed E-state index contributed by atoms with van der Waals surface area (Å²) in [7, 11) is 3.48. The summed E-state index contributed by atoms with van der Waals surface area (Å²) in [6.45, 7) is 2.75. The number of amides is 1. The molecule has 2 N–H and O–H groups in total. The number of rotatable bonds is 4. The maximum absolute atomic E-state index is 11.5. The van der Waals surface area contributed by atoms with Crippen LogP contribution in [0.25, 0.3) is 5.82 Å². The second-order valence-corrected chi connectivity index (χ2v) is 4.24. The van der Waals surface area contributed by atoms with Gasteiger partial charge in [0.1, 0.15) is 0 Å². The van der Waals surface area contributed by atoms with E-state index in [1.54, 1.807) is 30.2 Å². The number of nitrogens with one attached hydrogen (secondary N) is 2. The Bertz CT molecular complexity index is 590. The molecule has 100 valence electrons. The third-order valence-electron chi connectivity index (χ3n) is 2.75. The molecule has 2 aromatic rings. The molecule has 0 aliphatic rings. The second-order valence-electron chi connectivity index (χ2n) is 4.24. The van der Waals surface area contributed by atoms with E-state index >= 15 is 0 Å². The molecule has 0 unspecified atom stereocenters. The van der Waals surface area contributed by atoms with Gasteiger partial charge in [0.15, 0.2) is 11.5 Å². The molecule has 2 heterocycles. The van der Waals surface area contributed by atoms with Gasteiger partial charge in [0.2, 0.25) is 0 Å². The Labute approximate surface area is 111 Å². The SMILES string of the molecule is CNCc1cnc(-n2ccc(C(=O)NC)n2)c(C)c1. The standard InChI is InChI=1S/C13H17N5O/c1-9-6-10(7-14-2)8-16-12(9)18-5-4-11(17-18)13(19)15-3/h4-6,8,14H,7H2,1-3H3,(H,15,19). The first-order valence-corrected chi connectivity index (χ1v) is 6.04. The Hall–Kier alpha value is -2.21. The third kappa shape index (κ3) is 2.79. The number of carbonyl (C=O) groups excluding carboxylic acids is 1. The van der Waals surface area contributed by atoms with Gasteiger partial charge < -0.3 is 10.6 Å². The third-order valence-corrected chi connectivity index (χ3v) is 2.75. The first kappa shape index (κ1) is 13.2. The second kappa shape index (κ2) is 5.62. The van der Waals surface area contributed by atoms with Crippen molar-refractivity contribution in [1.29, 1.82) is 0 Å². The molecule has 0 radical (unpaired) electrons. The normalized spacial score (nSPS) is 10.5. The van der Waals surface area contributed by atoms with E-state index in [1.807, 2.05) is 14.0 Å². The molecular weight excluding hydrogens is 242 g/mol. The van der Waals surface area contributed by atoms with E-state index in [9.17, 15) is 4.79 Å². The molecule has 0 saturated carbocycles. The van der Waals surface area contributed by atoms with Crippen molar-refractivity contribution in [3.63, 3.8) is 0 Å². The number of hydrogen-bond donors (Lipinski definition) is 2. The van der Waals surface area contributed by atoms with Crippen molar-refractivity contribution in [2.45, 2.75) is 13.5 Å². The van der Waals surface area contributed by atoms with Crippen molar-refractivity contribution in [1.82, 2.24) is 25.4 Å². The summed E-state index contributed by atoms with van der Waals surface area (Å²) in [5.41, 5.74) is 2.50. The zero-order valence-electron chi connectivity index (χ0n) is 11.3. The van der Waals surface area contributed by atoms with Gasteiger partial charge in [-0.05, 0) is 37.2 Å². The van der Waals surface area contributed by atoms with Gasteiger partial charge in [0.05, 0.1) is 0 Å². The summed E-state index contributed by atoms with van der Waals surface area (Å²) >= 11 is 0. The molecule has 0 atom stereocenters. The highest BCUT2D eigenvalue weighted by molar-refractivity contribution is 5.91. The van der Waals surface area contributed by atoms with Crippen molar-refractivity contribution in [3.05, 3.63) is 41.3 Å². The largest absolute Gasteiger partial charge is 0.354 e. The Kier molecular flexibility index (Phi) is 3.91. The lowest BCUT2D eigenvalue weighted by Crippen LogP contribution is -2.18. The van der Waals surface area contributed by atoms with Gasteiger partial charge in [0, 0.05) is 26.0 Å². The lowest BCUT2D eigenvalue weighted by Gasteiger charge is -2.07. The molecule has 6 nitrogen and oxygen atoms in total. The lowest BCUT2D eigenvalue weighted by atomic mass is 10.2. The molecule has 1 amide bonds. The number of hydrogen-bond acceptors (Lipinski definition) is 4. The molecule has 0 fully saturated rings. The summed E-state index contributed by atoms with van der Waals surface area (Å²) in [6, 6.07) is 3.72. The molecule has 0 spiro atoms. The van der Waals surface area contributed by atoms with Crippen LogP contribution in [0.3, 0.4) is 0 Å². The van der Waals surface area contributed by atoms with Crippen LogP contribution in [0, 0.1) is 6.92 Å². The van der Waals surface area contributed by atoms with Crippen molar-refractivity contribution in [2.75, 3.05) is 14.1 Å². The summed E-state index contributed by atoms with van der Waals surface area (Å²) in [4.78, 5) is 15.9. The Morgan fingerprint density at radius 2 is 2.21 bits per heavy atom. The maximum atomic E-state index is 11.5. The van der Waals surface area contributed by atoms with Crippen LogP contribution < -0.4 is 10.6 Å². The molecule has 0 aromatic carbocycles. The number of nitrogens with zero attached hydrogens (tertiary/aromatic N) is 3. The molecule has 0 aliphatic carbocycles. The first-order chi connectivity index (χ1) is 9.15. The number of carbonyl (C=O) groups is 1. The van der Waals surface area contributed by atoms with Crippen molar-refractivity contribution >= 4 is 5.91 Å². The fourth-order valence-corrected chi connectivity index (χ4v) is 1.86. The smallest absolute Gasteiger partial charge is 0.271 e. The molecule has 0 aliphatic heterocycles. The quantitative estimate of drug-likeness (QED) is 0.846. The number of aryl methyl sites for hydroxylation is 1. The van der Waals surface area contributed by atoms with Crippen LogP contribution in [0.5, 0.6) is 0 Å². The van der Waals surface area contributed by atoms with Gasteiger partial charge in [0.25, 0.3) is 5.91 Å². The summed E-state index contributed by atoms with van der Waals surface area (Å²) < 4.78 is 1.61. The molecule has 2 rings (SSSR count). The minimum Gasteiger partial charge on any atom is -0.354 e. The number of pyridine rings is 1. The summed E-state index contributed by atoms with van der Waals surface area (Å²) in [5, 5.41) is 9.84. The zero-order chi connectivity index (χ0) is 13.8. The molecule has 2 aromatic heterocycles. The first-order valence-electron chi connectivity index (χ1n) is 6.04. The Balaban J connectivity index is 2.31. The highest BCUT2D eigenvalue weighted by atomic mass is 16.1. The van der Waals surface area contributed by atoms with Crippen LogP contribution >= 0.6 is 0 Å². The van der Waals surface area contributed by atoms with Gasteiger partial charge in [-0.1, -0.05) is 0 Å². The Morgan fingerprint density at radius 1 is 1.42 bits per heavy atom. The lowest BCUT2D eigenvalue weighted by molar-refractivity contribution is 0.0957. The van der Waals surface area contributed by atoms with E-state index in [0.717, 1.165) is 23.5 Å². The maximum Gasteiger partial charge on any atom is 0.271 e. The van der Waals surface area contributed by atoms with Gasteiger partial charge in [-0.2, -0.15) is 5.10 Å². The van der Waals surface area contributed by atoms with E-state index in [4.69, 9.17) is 0 Å². The van der Waals surface area contributed by atoms with Crippen LogP contribution in [0.2, 0.25) is 0 Å². The van der Waals surface area contributed by atoms with Crippen LogP contribution in [-0.2, 0) is 6.54 Å². The number of aromatic nitrogens is 3. The van der Waals surface area contributed by atoms with Crippen LogP contribution in [0.4, 0.5) is 0 Å². The average Bonchev–Trinajstić information content (AvgIpc) is 2.88. The predicted molar refractivity (Wildman–Crippen MR) is 72.2 cm³/mol. The average molecular weight is 259 g/mol. The van der Waals surface area contributed by atoms with Gasteiger partial charge >= 0.3 is 0 Å². The van der Waals surface area contributed by atoms with Gasteiger partial charge in [-0.15, -0.1) is 0 Å². The highest BCUT2D eigenvalue weighted by Gasteiger charge is 2.10. The fourth-order valence-electron chi connectivity index (χ4n) is 1.86. The zero-order valence-corrected chi connectivity index (χ0v) is 11.3. The van der Waals surface area contributed by atoms with Crippen molar-refractivity contribution in [2.24, 2.45) is 0 Å². The highest BCUT2D eigenvalue weighted by Crippen LogP contribution is 2.12. The predicted octanol–water partition coefficient (Wildman–Crippen LogP) is 0.655. The van der Waals surface area contributed by atoms with Crippen LogP contribution in [-0.4, -0.2) is 34.8 Å². The van der Waals surface area contributed by atoms with E-state index in [-0.39, 0.29) is 5.91 Å². The van der Waals surface area contributed by atoms with E-state index in [2.05, 4.69) is 26.8 Å².